The molecule has 1 N–H and O–H groups in total. The molecule has 2 aromatic heterocycles. The topological polar surface area (TPSA) is 81.4 Å². The molecule has 0 atom stereocenters. The predicted octanol–water partition coefficient (Wildman–Crippen LogP) is 4.19. The minimum atomic E-state index is -0.241. The fourth-order valence-electron chi connectivity index (χ4n) is 2.81. The first-order valence-corrected chi connectivity index (χ1v) is 9.28. The number of hydrogen-bond donors (Lipinski definition) is 1. The number of nitrogens with one attached hydrogen (secondary N) is 1. The maximum Gasteiger partial charge on any atom is 0.255 e. The molecule has 0 aliphatic carbocycles. The standard InChI is InChI=1S/C20H16BrN5O2/c1-12(27)22-19-24-20-23-17(13-3-7-15(21)8-4-13)11-18(26(20)25-19)14-5-9-16(28-2)10-6-14/h3-11H,1-2H3,(H,22,25,27). The molecular formula is C20H16BrN5O2. The number of fused-ring (bicyclic) bond motifs is 1. The monoisotopic (exact) mass is 437 g/mol. The third-order valence-corrected chi connectivity index (χ3v) is 4.65. The van der Waals surface area contributed by atoms with Gasteiger partial charge in [0.25, 0.3) is 11.7 Å². The summed E-state index contributed by atoms with van der Waals surface area (Å²) in [6.45, 7) is 1.41. The summed E-state index contributed by atoms with van der Waals surface area (Å²) in [4.78, 5) is 20.4. The molecule has 0 aliphatic heterocycles. The summed E-state index contributed by atoms with van der Waals surface area (Å²) < 4.78 is 7.86. The maximum absolute atomic E-state index is 11.4. The first kappa shape index (κ1) is 18.1. The summed E-state index contributed by atoms with van der Waals surface area (Å²) in [5.41, 5.74) is 3.43. The molecule has 1 amide bonds. The normalized spacial score (nSPS) is 10.8. The van der Waals surface area contributed by atoms with E-state index in [1.54, 1.807) is 11.6 Å². The van der Waals surface area contributed by atoms with Crippen molar-refractivity contribution in [3.8, 4) is 28.3 Å². The van der Waals surface area contributed by atoms with Gasteiger partial charge in [-0.3, -0.25) is 10.1 Å². The van der Waals surface area contributed by atoms with Gasteiger partial charge < -0.3 is 4.74 Å². The van der Waals surface area contributed by atoms with Crippen LogP contribution in [0.25, 0.3) is 28.3 Å². The number of carbonyl (C=O) groups is 1. The van der Waals surface area contributed by atoms with Crippen molar-refractivity contribution in [2.45, 2.75) is 6.92 Å². The maximum atomic E-state index is 11.4. The highest BCUT2D eigenvalue weighted by atomic mass is 79.9. The van der Waals surface area contributed by atoms with Crippen molar-refractivity contribution >= 4 is 33.6 Å². The number of benzene rings is 2. The second-order valence-electron chi connectivity index (χ2n) is 6.09. The summed E-state index contributed by atoms with van der Waals surface area (Å²) in [6.07, 6.45) is 0. The van der Waals surface area contributed by atoms with E-state index in [1.807, 2.05) is 54.6 Å². The van der Waals surface area contributed by atoms with Gasteiger partial charge in [0, 0.05) is 22.5 Å². The third kappa shape index (κ3) is 3.59. The number of anilines is 1. The van der Waals surface area contributed by atoms with Gasteiger partial charge in [-0.15, -0.1) is 5.10 Å². The van der Waals surface area contributed by atoms with Crippen LogP contribution in [0.1, 0.15) is 6.92 Å². The Bertz CT molecular complexity index is 1150. The van der Waals surface area contributed by atoms with Crippen molar-refractivity contribution in [3.63, 3.8) is 0 Å². The Labute approximate surface area is 169 Å². The molecule has 0 radical (unpaired) electrons. The average Bonchev–Trinajstić information content (AvgIpc) is 3.09. The summed E-state index contributed by atoms with van der Waals surface area (Å²) in [6, 6.07) is 17.5. The van der Waals surface area contributed by atoms with Gasteiger partial charge in [-0.25, -0.2) is 4.98 Å². The number of halogens is 1. The van der Waals surface area contributed by atoms with Crippen LogP contribution in [0.5, 0.6) is 5.75 Å². The van der Waals surface area contributed by atoms with Crippen LogP contribution in [0, 0.1) is 0 Å². The molecule has 28 heavy (non-hydrogen) atoms. The van der Waals surface area contributed by atoms with E-state index < -0.39 is 0 Å². The minimum absolute atomic E-state index is 0.211. The Morgan fingerprint density at radius 2 is 1.71 bits per heavy atom. The Morgan fingerprint density at radius 1 is 1.04 bits per heavy atom. The van der Waals surface area contributed by atoms with E-state index in [-0.39, 0.29) is 11.9 Å². The predicted molar refractivity (Wildman–Crippen MR) is 110 cm³/mol. The second kappa shape index (κ2) is 7.40. The molecule has 2 heterocycles. The van der Waals surface area contributed by atoms with E-state index >= 15 is 0 Å². The lowest BCUT2D eigenvalue weighted by Crippen LogP contribution is -2.07. The zero-order valence-corrected chi connectivity index (χ0v) is 16.8. The zero-order valence-electron chi connectivity index (χ0n) is 15.2. The smallest absolute Gasteiger partial charge is 0.255 e. The van der Waals surface area contributed by atoms with Crippen LogP contribution in [-0.2, 0) is 4.79 Å². The van der Waals surface area contributed by atoms with Crippen molar-refractivity contribution < 1.29 is 9.53 Å². The van der Waals surface area contributed by atoms with Crippen LogP contribution < -0.4 is 10.1 Å². The van der Waals surface area contributed by atoms with E-state index in [4.69, 9.17) is 4.74 Å². The summed E-state index contributed by atoms with van der Waals surface area (Å²) in [5, 5.41) is 7.00. The largest absolute Gasteiger partial charge is 0.497 e. The van der Waals surface area contributed by atoms with E-state index in [0.717, 1.165) is 32.7 Å². The highest BCUT2D eigenvalue weighted by Gasteiger charge is 2.14. The molecule has 0 unspecified atom stereocenters. The Hall–Kier alpha value is -3.26. The van der Waals surface area contributed by atoms with Gasteiger partial charge in [0.1, 0.15) is 5.75 Å². The number of rotatable bonds is 4. The lowest BCUT2D eigenvalue weighted by atomic mass is 10.1. The number of nitrogens with zero attached hydrogens (tertiary/aromatic N) is 4. The molecule has 140 valence electrons. The van der Waals surface area contributed by atoms with Crippen molar-refractivity contribution in [1.82, 2.24) is 19.6 Å². The molecule has 4 rings (SSSR count). The molecule has 8 heteroatoms. The van der Waals surface area contributed by atoms with Crippen LogP contribution >= 0.6 is 15.9 Å². The number of aromatic nitrogens is 4. The molecule has 7 nitrogen and oxygen atoms in total. The highest BCUT2D eigenvalue weighted by Crippen LogP contribution is 2.28. The number of carbonyl (C=O) groups excluding carboxylic acids is 1. The van der Waals surface area contributed by atoms with Gasteiger partial charge >= 0.3 is 0 Å². The molecule has 2 aromatic carbocycles. The Morgan fingerprint density at radius 3 is 2.36 bits per heavy atom. The zero-order chi connectivity index (χ0) is 19.7. The number of methoxy groups -OCH3 is 1. The van der Waals surface area contributed by atoms with Gasteiger partial charge in [0.2, 0.25) is 5.91 Å². The Kier molecular flexibility index (Phi) is 4.79. The summed E-state index contributed by atoms with van der Waals surface area (Å²) in [7, 11) is 1.63. The quantitative estimate of drug-likeness (QED) is 0.517. The SMILES string of the molecule is COc1ccc(-c2cc(-c3ccc(Br)cc3)nc3nc(NC(C)=O)nn23)cc1. The molecule has 0 saturated heterocycles. The van der Waals surface area contributed by atoms with E-state index in [2.05, 4.69) is 36.3 Å². The summed E-state index contributed by atoms with van der Waals surface area (Å²) >= 11 is 3.45. The number of amides is 1. The molecule has 4 aromatic rings. The molecule has 0 fully saturated rings. The van der Waals surface area contributed by atoms with Gasteiger partial charge in [0.05, 0.1) is 18.5 Å². The van der Waals surface area contributed by atoms with Crippen molar-refractivity contribution in [1.29, 1.82) is 0 Å². The van der Waals surface area contributed by atoms with Gasteiger partial charge in [0.15, 0.2) is 0 Å². The fraction of sp³-hybridized carbons (Fsp3) is 0.100. The molecule has 0 spiro atoms. The van der Waals surface area contributed by atoms with Crippen molar-refractivity contribution in [3.05, 3.63) is 59.1 Å². The highest BCUT2D eigenvalue weighted by molar-refractivity contribution is 9.10. The number of ether oxygens (including phenoxy) is 1. The van der Waals surface area contributed by atoms with Crippen LogP contribution in [-0.4, -0.2) is 32.6 Å². The molecule has 0 bridgehead atoms. The van der Waals surface area contributed by atoms with Gasteiger partial charge in [-0.1, -0.05) is 28.1 Å². The van der Waals surface area contributed by atoms with E-state index in [1.165, 1.54) is 6.92 Å². The first-order valence-electron chi connectivity index (χ1n) is 8.49. The fourth-order valence-corrected chi connectivity index (χ4v) is 3.08. The van der Waals surface area contributed by atoms with Crippen LogP contribution in [0.3, 0.4) is 0 Å². The van der Waals surface area contributed by atoms with E-state index in [0.29, 0.717) is 5.78 Å². The number of hydrogen-bond acceptors (Lipinski definition) is 5. The van der Waals surface area contributed by atoms with E-state index in [9.17, 15) is 4.79 Å². The molecule has 0 aliphatic rings. The molecular weight excluding hydrogens is 422 g/mol. The lowest BCUT2D eigenvalue weighted by Gasteiger charge is -2.08. The van der Waals surface area contributed by atoms with Crippen molar-refractivity contribution in [2.24, 2.45) is 0 Å². The third-order valence-electron chi connectivity index (χ3n) is 4.13. The Balaban J connectivity index is 1.91. The van der Waals surface area contributed by atoms with Gasteiger partial charge in [-0.2, -0.15) is 9.50 Å². The first-order chi connectivity index (χ1) is 13.5. The lowest BCUT2D eigenvalue weighted by molar-refractivity contribution is -0.114. The average molecular weight is 438 g/mol. The van der Waals surface area contributed by atoms with Crippen molar-refractivity contribution in [2.75, 3.05) is 12.4 Å². The second-order valence-corrected chi connectivity index (χ2v) is 7.01. The van der Waals surface area contributed by atoms with Crippen LogP contribution in [0.2, 0.25) is 0 Å². The summed E-state index contributed by atoms with van der Waals surface area (Å²) in [5.74, 6) is 1.13. The molecule has 0 saturated carbocycles. The minimum Gasteiger partial charge on any atom is -0.497 e. The van der Waals surface area contributed by atoms with Crippen LogP contribution in [0.4, 0.5) is 5.95 Å². The van der Waals surface area contributed by atoms with Crippen LogP contribution in [0.15, 0.2) is 59.1 Å². The van der Waals surface area contributed by atoms with Gasteiger partial charge in [-0.05, 0) is 42.5 Å².